The first-order valence-corrected chi connectivity index (χ1v) is 18.8. The smallest absolute Gasteiger partial charge is 0.128 e. The molecule has 0 unspecified atom stereocenters. The Hall–Kier alpha value is -5.00. The third-order valence-corrected chi connectivity index (χ3v) is 13.0. The number of hydrogen-bond acceptors (Lipinski definition) is 2. The fourth-order valence-electron chi connectivity index (χ4n) is 5.82. The van der Waals surface area contributed by atoms with Crippen LogP contribution in [0.4, 0.5) is 0 Å². The van der Waals surface area contributed by atoms with Gasteiger partial charge in [-0.15, -0.1) is 0 Å². The van der Waals surface area contributed by atoms with E-state index in [9.17, 15) is 0 Å². The molecule has 0 spiro atoms. The lowest BCUT2D eigenvalue weighted by Gasteiger charge is -2.22. The van der Waals surface area contributed by atoms with Crippen LogP contribution in [0.15, 0.2) is 194 Å². The zero-order valence-corrected chi connectivity index (χ0v) is 28.4. The van der Waals surface area contributed by atoms with Crippen molar-refractivity contribution in [1.82, 2.24) is 0 Å². The molecule has 7 aromatic carbocycles. The van der Waals surface area contributed by atoms with E-state index in [1.54, 1.807) is 0 Å². The highest BCUT2D eigenvalue weighted by Crippen LogP contribution is 2.38. The van der Waals surface area contributed by atoms with E-state index >= 15 is 0 Å². The lowest BCUT2D eigenvalue weighted by Crippen LogP contribution is -2.22. The fourth-order valence-corrected chi connectivity index (χ4v) is 10.6. The molecule has 0 atom stereocenters. The van der Waals surface area contributed by atoms with Gasteiger partial charge in [-0.1, -0.05) is 176 Å². The van der Waals surface area contributed by atoms with Gasteiger partial charge in [-0.25, -0.2) is 0 Å². The summed E-state index contributed by atoms with van der Waals surface area (Å²) in [6.45, 7) is 0.947. The highest BCUT2D eigenvalue weighted by Gasteiger charge is 2.21. The van der Waals surface area contributed by atoms with E-state index in [2.05, 4.69) is 194 Å². The first kappa shape index (κ1) is 31.6. The summed E-state index contributed by atoms with van der Waals surface area (Å²) in [5.74, 6) is 1.84. The molecular weight excluding hydrogens is 622 g/mol. The number of para-hydroxylation sites is 2. The minimum Gasteiger partial charge on any atom is -0.488 e. The third kappa shape index (κ3) is 7.58. The molecule has 0 aliphatic carbocycles. The quantitative estimate of drug-likeness (QED) is 0.123. The van der Waals surface area contributed by atoms with E-state index < -0.39 is 15.8 Å². The SMILES string of the molecule is c1ccc(P(c2ccccc2)c2ccccc2OCc2cccc(COc3ccccc3P(c3ccccc3)c3ccccc3)c2)cc1. The number of ether oxygens (including phenoxy) is 2. The second-order valence-electron chi connectivity index (χ2n) is 11.3. The molecule has 0 radical (unpaired) electrons. The summed E-state index contributed by atoms with van der Waals surface area (Å²) in [7, 11) is -1.54. The van der Waals surface area contributed by atoms with Crippen LogP contribution in [0, 0.1) is 0 Å². The van der Waals surface area contributed by atoms with Gasteiger partial charge in [0, 0.05) is 10.6 Å². The molecule has 2 nitrogen and oxygen atoms in total. The van der Waals surface area contributed by atoms with Crippen LogP contribution in [0.5, 0.6) is 11.5 Å². The summed E-state index contributed by atoms with van der Waals surface area (Å²) in [4.78, 5) is 0. The van der Waals surface area contributed by atoms with Gasteiger partial charge in [-0.2, -0.15) is 0 Å². The van der Waals surface area contributed by atoms with Crippen molar-refractivity contribution in [3.05, 3.63) is 205 Å². The summed E-state index contributed by atoms with van der Waals surface area (Å²) < 4.78 is 13.2. The predicted octanol–water partition coefficient (Wildman–Crippen LogP) is 8.36. The van der Waals surface area contributed by atoms with Crippen LogP contribution in [0.25, 0.3) is 0 Å². The lowest BCUT2D eigenvalue weighted by atomic mass is 10.1. The van der Waals surface area contributed by atoms with Gasteiger partial charge in [-0.05, 0) is 66.4 Å². The van der Waals surface area contributed by atoms with Crippen LogP contribution < -0.4 is 41.3 Å². The maximum Gasteiger partial charge on any atom is 0.128 e. The molecule has 0 fully saturated rings. The Morgan fingerprint density at radius 2 is 0.625 bits per heavy atom. The second kappa shape index (κ2) is 15.7. The topological polar surface area (TPSA) is 18.5 Å². The van der Waals surface area contributed by atoms with Crippen LogP contribution in [-0.4, -0.2) is 0 Å². The molecule has 7 aromatic rings. The largest absolute Gasteiger partial charge is 0.488 e. The summed E-state index contributed by atoms with van der Waals surface area (Å²) in [5, 5.41) is 7.65. The van der Waals surface area contributed by atoms with Crippen molar-refractivity contribution in [2.75, 3.05) is 0 Å². The Morgan fingerprint density at radius 3 is 0.979 bits per heavy atom. The molecular formula is C44H36O2P2. The molecule has 0 aromatic heterocycles. The van der Waals surface area contributed by atoms with Crippen molar-refractivity contribution < 1.29 is 9.47 Å². The summed E-state index contributed by atoms with van der Waals surface area (Å²) in [6, 6.07) is 68.5. The molecule has 0 heterocycles. The Bertz CT molecular complexity index is 1810. The highest BCUT2D eigenvalue weighted by molar-refractivity contribution is 7.80. The fraction of sp³-hybridized carbons (Fsp3) is 0.0455. The Labute approximate surface area is 286 Å². The van der Waals surface area contributed by atoms with Gasteiger partial charge in [0.05, 0.1) is 0 Å². The zero-order valence-electron chi connectivity index (χ0n) is 26.6. The molecule has 0 aliphatic rings. The minimum absolute atomic E-state index is 0.474. The van der Waals surface area contributed by atoms with Gasteiger partial charge in [-0.3, -0.25) is 0 Å². The van der Waals surface area contributed by atoms with E-state index in [1.165, 1.54) is 31.8 Å². The maximum absolute atomic E-state index is 6.59. The molecule has 0 amide bonds. The average Bonchev–Trinajstić information content (AvgIpc) is 3.16. The maximum atomic E-state index is 6.59. The highest BCUT2D eigenvalue weighted by atomic mass is 31.1. The molecule has 0 aliphatic heterocycles. The van der Waals surface area contributed by atoms with Gasteiger partial charge in [0.1, 0.15) is 24.7 Å². The molecule has 7 rings (SSSR count). The van der Waals surface area contributed by atoms with Crippen molar-refractivity contribution >= 4 is 47.7 Å². The monoisotopic (exact) mass is 658 g/mol. The van der Waals surface area contributed by atoms with Crippen LogP contribution in [-0.2, 0) is 13.2 Å². The molecule has 0 bridgehead atoms. The van der Waals surface area contributed by atoms with E-state index in [4.69, 9.17) is 9.47 Å². The zero-order chi connectivity index (χ0) is 32.4. The van der Waals surface area contributed by atoms with Crippen LogP contribution in [0.1, 0.15) is 11.1 Å². The van der Waals surface area contributed by atoms with Crippen molar-refractivity contribution in [3.63, 3.8) is 0 Å². The van der Waals surface area contributed by atoms with E-state index in [-0.39, 0.29) is 0 Å². The van der Waals surface area contributed by atoms with Crippen LogP contribution >= 0.6 is 15.8 Å². The summed E-state index contributed by atoms with van der Waals surface area (Å²) in [6.07, 6.45) is 0. The number of rotatable bonds is 12. The van der Waals surface area contributed by atoms with E-state index in [1.807, 2.05) is 0 Å². The van der Waals surface area contributed by atoms with Gasteiger partial charge < -0.3 is 9.47 Å². The lowest BCUT2D eigenvalue weighted by molar-refractivity contribution is 0.302. The first-order chi connectivity index (χ1) is 23.8. The first-order valence-electron chi connectivity index (χ1n) is 16.2. The molecule has 48 heavy (non-hydrogen) atoms. The summed E-state index contributed by atoms with van der Waals surface area (Å²) >= 11 is 0. The Kier molecular flexibility index (Phi) is 10.4. The third-order valence-electron chi connectivity index (χ3n) is 8.05. The van der Waals surface area contributed by atoms with Crippen LogP contribution in [0.3, 0.4) is 0 Å². The predicted molar refractivity (Wildman–Crippen MR) is 205 cm³/mol. The molecule has 0 saturated carbocycles. The summed E-state index contributed by atoms with van der Waals surface area (Å²) in [5.41, 5.74) is 2.22. The molecule has 4 heteroatoms. The van der Waals surface area contributed by atoms with Crippen molar-refractivity contribution in [2.45, 2.75) is 13.2 Å². The Balaban J connectivity index is 1.10. The van der Waals surface area contributed by atoms with Crippen molar-refractivity contribution in [1.29, 1.82) is 0 Å². The normalized spacial score (nSPS) is 11.0. The van der Waals surface area contributed by atoms with Gasteiger partial charge in [0.25, 0.3) is 0 Å². The molecule has 0 saturated heterocycles. The molecule has 0 N–H and O–H groups in total. The average molecular weight is 659 g/mol. The van der Waals surface area contributed by atoms with E-state index in [0.29, 0.717) is 13.2 Å². The van der Waals surface area contributed by atoms with Crippen molar-refractivity contribution in [3.8, 4) is 11.5 Å². The molecule has 234 valence electrons. The number of hydrogen-bond donors (Lipinski definition) is 0. The van der Waals surface area contributed by atoms with E-state index in [0.717, 1.165) is 22.6 Å². The van der Waals surface area contributed by atoms with Gasteiger partial charge >= 0.3 is 0 Å². The number of benzene rings is 7. The second-order valence-corrected chi connectivity index (χ2v) is 15.7. The standard InChI is InChI=1S/C44H36O2P2/c1-5-20-37(21-6-1)47(38-22-7-2-8-23-38)43-30-15-13-28-41(43)45-33-35-18-17-19-36(32-35)34-46-42-29-14-16-31-44(42)48(39-24-9-3-10-25-39)40-26-11-4-12-27-40/h1-32H,33-34H2. The van der Waals surface area contributed by atoms with Crippen molar-refractivity contribution in [2.24, 2.45) is 0 Å². The van der Waals surface area contributed by atoms with Gasteiger partial charge in [0.2, 0.25) is 0 Å². The van der Waals surface area contributed by atoms with Gasteiger partial charge in [0.15, 0.2) is 0 Å². The minimum atomic E-state index is -0.771. The Morgan fingerprint density at radius 1 is 0.312 bits per heavy atom. The van der Waals surface area contributed by atoms with Crippen LogP contribution in [0.2, 0.25) is 0 Å².